The van der Waals surface area contributed by atoms with Crippen LogP contribution in [0.15, 0.2) is 0 Å². The van der Waals surface area contributed by atoms with Crippen LogP contribution < -0.4 is 5.32 Å². The Hall–Kier alpha value is -2.99. The quantitative estimate of drug-likeness (QED) is 0.355. The van der Waals surface area contributed by atoms with Crippen molar-refractivity contribution >= 4 is 51.5 Å². The maximum atomic E-state index is 12.6. The van der Waals surface area contributed by atoms with Crippen LogP contribution in [-0.4, -0.2) is 58.1 Å². The number of hydrogen-bond acceptors (Lipinski definition) is 8. The summed E-state index contributed by atoms with van der Waals surface area (Å²) in [7, 11) is 3.15. The first-order valence-electron chi connectivity index (χ1n) is 9.18. The van der Waals surface area contributed by atoms with Crippen molar-refractivity contribution in [1.82, 2.24) is 14.7 Å². The van der Waals surface area contributed by atoms with Crippen LogP contribution in [-0.2, 0) is 16.1 Å². The molecular formula is C18H22ClN5O6S. The molecule has 11 nitrogen and oxygen atoms in total. The molecule has 0 aliphatic carbocycles. The van der Waals surface area contributed by atoms with Crippen molar-refractivity contribution in [3.63, 3.8) is 0 Å². The van der Waals surface area contributed by atoms with Gasteiger partial charge >= 0.3 is 11.8 Å². The number of carbonyl (C=O) groups is 3. The van der Waals surface area contributed by atoms with Gasteiger partial charge in [-0.25, -0.2) is 4.79 Å². The van der Waals surface area contributed by atoms with E-state index in [4.69, 9.17) is 16.3 Å². The van der Waals surface area contributed by atoms with Crippen molar-refractivity contribution in [2.45, 2.75) is 33.7 Å². The van der Waals surface area contributed by atoms with Gasteiger partial charge in [0.2, 0.25) is 5.91 Å². The van der Waals surface area contributed by atoms with E-state index in [0.717, 1.165) is 16.0 Å². The van der Waals surface area contributed by atoms with E-state index < -0.39 is 22.6 Å². The van der Waals surface area contributed by atoms with E-state index in [-0.39, 0.29) is 45.2 Å². The van der Waals surface area contributed by atoms with E-state index in [1.807, 2.05) is 6.92 Å². The summed E-state index contributed by atoms with van der Waals surface area (Å²) < 4.78 is 6.29. The van der Waals surface area contributed by atoms with Gasteiger partial charge < -0.3 is 25.1 Å². The van der Waals surface area contributed by atoms with E-state index in [9.17, 15) is 24.5 Å². The lowest BCUT2D eigenvalue weighted by molar-refractivity contribution is -0.389. The summed E-state index contributed by atoms with van der Waals surface area (Å²) in [5.74, 6) is -2.14. The standard InChI is InChI=1S/C18H22ClN5O6S/c1-6-7-30-18(27)12-9(2)14(17(26)22(4)5)31-16(12)20-11(25)8-23-10(3)13(19)15(21-23)24(28)29/h6-8H2,1-5H3,(H,20,25). The summed E-state index contributed by atoms with van der Waals surface area (Å²) in [5, 5.41) is 17.3. The molecule has 13 heteroatoms. The molecule has 2 aromatic rings. The Morgan fingerprint density at radius 2 is 1.97 bits per heavy atom. The Kier molecular flexibility index (Phi) is 7.74. The highest BCUT2D eigenvalue weighted by Gasteiger charge is 2.29. The molecule has 1 N–H and O–H groups in total. The molecule has 2 amide bonds. The minimum atomic E-state index is -0.743. The molecule has 2 heterocycles. The molecular weight excluding hydrogens is 450 g/mol. The second-order valence-electron chi connectivity index (χ2n) is 6.78. The number of rotatable bonds is 8. The molecule has 0 unspecified atom stereocenters. The maximum Gasteiger partial charge on any atom is 0.408 e. The molecule has 0 saturated heterocycles. The zero-order valence-corrected chi connectivity index (χ0v) is 19.2. The molecule has 2 aromatic heterocycles. The van der Waals surface area contributed by atoms with Crippen molar-refractivity contribution in [2.75, 3.05) is 26.0 Å². The molecule has 168 valence electrons. The number of nitro groups is 1. The largest absolute Gasteiger partial charge is 0.462 e. The van der Waals surface area contributed by atoms with Gasteiger partial charge in [0, 0.05) is 14.1 Å². The zero-order valence-electron chi connectivity index (χ0n) is 17.6. The average molecular weight is 472 g/mol. The predicted octanol–water partition coefficient (Wildman–Crippen LogP) is 3.03. The third kappa shape index (κ3) is 5.20. The summed E-state index contributed by atoms with van der Waals surface area (Å²) in [6, 6.07) is 0. The van der Waals surface area contributed by atoms with E-state index in [2.05, 4.69) is 10.4 Å². The molecule has 0 aromatic carbocycles. The maximum absolute atomic E-state index is 12.6. The lowest BCUT2D eigenvalue weighted by atomic mass is 10.1. The zero-order chi connectivity index (χ0) is 23.5. The number of amides is 2. The smallest absolute Gasteiger partial charge is 0.408 e. The number of ether oxygens (including phenoxy) is 1. The highest BCUT2D eigenvalue weighted by molar-refractivity contribution is 7.18. The van der Waals surface area contributed by atoms with Gasteiger partial charge in [-0.3, -0.25) is 9.59 Å². The number of thiophene rings is 1. The molecule has 31 heavy (non-hydrogen) atoms. The van der Waals surface area contributed by atoms with Gasteiger partial charge in [0.15, 0.2) is 5.02 Å². The highest BCUT2D eigenvalue weighted by Crippen LogP contribution is 2.34. The van der Waals surface area contributed by atoms with Crippen molar-refractivity contribution in [3.8, 4) is 0 Å². The van der Waals surface area contributed by atoms with Gasteiger partial charge in [0.05, 0.1) is 27.8 Å². The fourth-order valence-electron chi connectivity index (χ4n) is 2.60. The van der Waals surface area contributed by atoms with E-state index in [1.54, 1.807) is 21.0 Å². The van der Waals surface area contributed by atoms with Gasteiger partial charge in [-0.1, -0.05) is 18.5 Å². The third-order valence-corrected chi connectivity index (χ3v) is 5.86. The number of aromatic nitrogens is 2. The van der Waals surface area contributed by atoms with E-state index in [0.29, 0.717) is 12.0 Å². The molecule has 0 radical (unpaired) electrons. The minimum Gasteiger partial charge on any atom is -0.462 e. The van der Waals surface area contributed by atoms with Gasteiger partial charge in [-0.05, 0) is 30.8 Å². The van der Waals surface area contributed by atoms with Crippen LogP contribution in [0.5, 0.6) is 0 Å². The molecule has 0 aliphatic rings. The highest BCUT2D eigenvalue weighted by atomic mass is 35.5. The number of esters is 1. The average Bonchev–Trinajstić information content (AvgIpc) is 3.16. The molecule has 2 rings (SSSR count). The fraction of sp³-hybridized carbons (Fsp3) is 0.444. The predicted molar refractivity (Wildman–Crippen MR) is 115 cm³/mol. The number of nitrogens with one attached hydrogen (secondary N) is 1. The molecule has 0 bridgehead atoms. The Balaban J connectivity index is 2.36. The first-order valence-corrected chi connectivity index (χ1v) is 10.4. The van der Waals surface area contributed by atoms with Gasteiger partial charge in [0.1, 0.15) is 11.5 Å². The Morgan fingerprint density at radius 1 is 1.32 bits per heavy atom. The van der Waals surface area contributed by atoms with E-state index >= 15 is 0 Å². The Bertz CT molecular complexity index is 1040. The van der Waals surface area contributed by atoms with Crippen LogP contribution in [0.4, 0.5) is 10.8 Å². The van der Waals surface area contributed by atoms with Crippen molar-refractivity contribution in [1.29, 1.82) is 0 Å². The summed E-state index contributed by atoms with van der Waals surface area (Å²) in [6.07, 6.45) is 0.609. The fourth-order valence-corrected chi connectivity index (χ4v) is 4.04. The van der Waals surface area contributed by atoms with Crippen LogP contribution in [0, 0.1) is 24.0 Å². The van der Waals surface area contributed by atoms with Crippen LogP contribution in [0.2, 0.25) is 5.02 Å². The summed E-state index contributed by atoms with van der Waals surface area (Å²) in [6.45, 7) is 4.75. The Labute approximate surface area is 187 Å². The molecule has 0 saturated carbocycles. The topological polar surface area (TPSA) is 137 Å². The van der Waals surface area contributed by atoms with E-state index in [1.165, 1.54) is 11.8 Å². The lowest BCUT2D eigenvalue weighted by Crippen LogP contribution is -2.21. The van der Waals surface area contributed by atoms with Crippen LogP contribution >= 0.6 is 22.9 Å². The number of carbonyl (C=O) groups excluding carboxylic acids is 3. The SMILES string of the molecule is CCCOC(=O)c1c(NC(=O)Cn2nc([N+](=O)[O-])c(Cl)c2C)sc(C(=O)N(C)C)c1C. The molecule has 0 aliphatic heterocycles. The monoisotopic (exact) mass is 471 g/mol. The number of anilines is 1. The third-order valence-electron chi connectivity index (χ3n) is 4.22. The molecule has 0 atom stereocenters. The number of nitrogens with zero attached hydrogens (tertiary/aromatic N) is 4. The van der Waals surface area contributed by atoms with Gasteiger partial charge in [-0.2, -0.15) is 4.68 Å². The normalized spacial score (nSPS) is 10.6. The molecule has 0 spiro atoms. The minimum absolute atomic E-state index is 0.0956. The first kappa shape index (κ1) is 24.3. The van der Waals surface area contributed by atoms with Gasteiger partial charge in [0.25, 0.3) is 5.91 Å². The first-order chi connectivity index (χ1) is 14.5. The summed E-state index contributed by atoms with van der Waals surface area (Å²) in [5.41, 5.74) is 0.740. The van der Waals surface area contributed by atoms with Crippen LogP contribution in [0.3, 0.4) is 0 Å². The van der Waals surface area contributed by atoms with Crippen molar-refractivity contribution < 1.29 is 24.0 Å². The lowest BCUT2D eigenvalue weighted by Gasteiger charge is -2.09. The van der Waals surface area contributed by atoms with Gasteiger partial charge in [-0.15, -0.1) is 11.3 Å². The second kappa shape index (κ2) is 9.88. The Morgan fingerprint density at radius 3 is 2.48 bits per heavy atom. The van der Waals surface area contributed by atoms with Crippen LogP contribution in [0.25, 0.3) is 0 Å². The summed E-state index contributed by atoms with van der Waals surface area (Å²) >= 11 is 6.85. The summed E-state index contributed by atoms with van der Waals surface area (Å²) in [4.78, 5) is 49.5. The van der Waals surface area contributed by atoms with Crippen molar-refractivity contribution in [2.24, 2.45) is 0 Å². The van der Waals surface area contributed by atoms with Crippen molar-refractivity contribution in [3.05, 3.63) is 36.8 Å². The van der Waals surface area contributed by atoms with Crippen LogP contribution in [0.1, 0.15) is 44.6 Å². The second-order valence-corrected chi connectivity index (χ2v) is 8.18. The molecule has 0 fully saturated rings. The number of halogens is 1. The number of hydrogen-bond donors (Lipinski definition) is 1.